The Labute approximate surface area is 160 Å². The third kappa shape index (κ3) is 6.05. The fourth-order valence-electron chi connectivity index (χ4n) is 3.13. The lowest BCUT2D eigenvalue weighted by Gasteiger charge is -2.40. The quantitative estimate of drug-likeness (QED) is 0.662. The van der Waals surface area contributed by atoms with E-state index in [0.717, 1.165) is 26.2 Å². The Kier molecular flexibility index (Phi) is 8.02. The molecule has 1 aliphatic heterocycles. The number of nitrogens with zero attached hydrogens (tertiary/aromatic N) is 3. The highest BCUT2D eigenvalue weighted by Gasteiger charge is 2.31. The second kappa shape index (κ2) is 10.0. The van der Waals surface area contributed by atoms with Gasteiger partial charge >= 0.3 is 11.8 Å². The number of nitrogens with one attached hydrogen (secondary N) is 2. The third-order valence-corrected chi connectivity index (χ3v) is 5.59. The molecule has 0 unspecified atom stereocenters. The number of piperazine rings is 1. The molecule has 146 valence electrons. The van der Waals surface area contributed by atoms with E-state index in [-0.39, 0.29) is 12.1 Å². The largest absolute Gasteiger partial charge is 0.347 e. The van der Waals surface area contributed by atoms with Crippen molar-refractivity contribution >= 4 is 23.2 Å². The average molecular weight is 382 g/mol. The monoisotopic (exact) mass is 381 g/mol. The van der Waals surface area contributed by atoms with Crippen LogP contribution in [-0.2, 0) is 9.59 Å². The highest BCUT2D eigenvalue weighted by atomic mass is 32.1. The maximum Gasteiger partial charge on any atom is 0.309 e. The van der Waals surface area contributed by atoms with Gasteiger partial charge in [-0.15, -0.1) is 11.3 Å². The van der Waals surface area contributed by atoms with E-state index < -0.39 is 11.8 Å². The summed E-state index contributed by atoms with van der Waals surface area (Å²) in [6.07, 6.45) is 0. The molecule has 0 bridgehead atoms. The molecular weight excluding hydrogens is 350 g/mol. The van der Waals surface area contributed by atoms with E-state index in [1.54, 1.807) is 11.3 Å². The molecule has 0 saturated carbocycles. The maximum absolute atomic E-state index is 12.3. The molecule has 1 aromatic heterocycles. The van der Waals surface area contributed by atoms with Gasteiger partial charge in [-0.05, 0) is 39.5 Å². The summed E-state index contributed by atoms with van der Waals surface area (Å²) in [5.74, 6) is -1.13. The highest BCUT2D eigenvalue weighted by Crippen LogP contribution is 2.29. The number of carbonyl (C=O) groups is 2. The minimum atomic E-state index is -0.568. The lowest BCUT2D eigenvalue weighted by Crippen LogP contribution is -2.53. The molecule has 1 aliphatic rings. The third-order valence-electron chi connectivity index (χ3n) is 4.65. The summed E-state index contributed by atoms with van der Waals surface area (Å²) in [5.41, 5.74) is 0. The van der Waals surface area contributed by atoms with Crippen LogP contribution in [0.25, 0.3) is 0 Å². The number of rotatable bonds is 7. The molecule has 2 atom stereocenters. The fourth-order valence-corrected chi connectivity index (χ4v) is 4.09. The number of thiophene rings is 1. The van der Waals surface area contributed by atoms with Gasteiger partial charge in [-0.25, -0.2) is 0 Å². The predicted octanol–water partition coefficient (Wildman–Crippen LogP) is 0.219. The Bertz CT molecular complexity index is 570. The van der Waals surface area contributed by atoms with Crippen molar-refractivity contribution in [1.82, 2.24) is 25.3 Å². The van der Waals surface area contributed by atoms with Gasteiger partial charge < -0.3 is 20.4 Å². The molecule has 2 N–H and O–H groups in total. The van der Waals surface area contributed by atoms with Crippen LogP contribution in [0.1, 0.15) is 17.8 Å². The summed E-state index contributed by atoms with van der Waals surface area (Å²) in [6, 6.07) is 4.07. The Balaban J connectivity index is 1.97. The van der Waals surface area contributed by atoms with Crippen LogP contribution in [0.5, 0.6) is 0 Å². The SMILES string of the molecule is C[C@@H](NC(=O)C(=O)NCCN(C)C)[C@H](c1cccs1)N1CCN(C)CC1. The highest BCUT2D eigenvalue weighted by molar-refractivity contribution is 7.10. The van der Waals surface area contributed by atoms with Crippen molar-refractivity contribution < 1.29 is 9.59 Å². The van der Waals surface area contributed by atoms with Crippen LogP contribution in [0.3, 0.4) is 0 Å². The summed E-state index contributed by atoms with van der Waals surface area (Å²) in [4.78, 5) is 32.2. The Hall–Kier alpha value is -1.48. The van der Waals surface area contributed by atoms with Crippen LogP contribution in [0.2, 0.25) is 0 Å². The zero-order valence-corrected chi connectivity index (χ0v) is 17.0. The first-order valence-electron chi connectivity index (χ1n) is 9.08. The van der Waals surface area contributed by atoms with Gasteiger partial charge in [0.15, 0.2) is 0 Å². The normalized spacial score (nSPS) is 18.5. The maximum atomic E-state index is 12.3. The second-order valence-electron chi connectivity index (χ2n) is 7.12. The molecule has 1 saturated heterocycles. The molecule has 0 aromatic carbocycles. The van der Waals surface area contributed by atoms with E-state index in [2.05, 4.69) is 38.9 Å². The van der Waals surface area contributed by atoms with Crippen LogP contribution in [-0.4, -0.2) is 93.0 Å². The van der Waals surface area contributed by atoms with Gasteiger partial charge in [0.05, 0.1) is 6.04 Å². The van der Waals surface area contributed by atoms with Gasteiger partial charge in [0, 0.05) is 50.2 Å². The van der Waals surface area contributed by atoms with Crippen LogP contribution >= 0.6 is 11.3 Å². The topological polar surface area (TPSA) is 67.9 Å². The average Bonchev–Trinajstić information content (AvgIpc) is 3.10. The summed E-state index contributed by atoms with van der Waals surface area (Å²) in [5, 5.41) is 7.63. The van der Waals surface area contributed by atoms with Crippen molar-refractivity contribution in [2.24, 2.45) is 0 Å². The number of amides is 2. The Morgan fingerprint density at radius 3 is 2.50 bits per heavy atom. The van der Waals surface area contributed by atoms with Crippen molar-refractivity contribution in [3.05, 3.63) is 22.4 Å². The molecule has 0 aliphatic carbocycles. The molecule has 26 heavy (non-hydrogen) atoms. The summed E-state index contributed by atoms with van der Waals surface area (Å²) >= 11 is 1.69. The zero-order valence-electron chi connectivity index (χ0n) is 16.2. The first kappa shape index (κ1) is 20.8. The first-order valence-corrected chi connectivity index (χ1v) is 9.96. The Morgan fingerprint density at radius 2 is 1.92 bits per heavy atom. The van der Waals surface area contributed by atoms with Gasteiger partial charge in [0.2, 0.25) is 0 Å². The van der Waals surface area contributed by atoms with Crippen molar-refractivity contribution in [1.29, 1.82) is 0 Å². The van der Waals surface area contributed by atoms with Crippen LogP contribution < -0.4 is 10.6 Å². The number of hydrogen-bond acceptors (Lipinski definition) is 6. The standard InChI is InChI=1S/C18H31N5O2S/c1-14(20-18(25)17(24)19-7-8-21(2)3)16(15-6-5-13-26-15)23-11-9-22(4)10-12-23/h5-6,13-14,16H,7-12H2,1-4H3,(H,19,24)(H,20,25)/t14-,16-/m1/s1. The summed E-state index contributed by atoms with van der Waals surface area (Å²) in [7, 11) is 5.98. The first-order chi connectivity index (χ1) is 12.4. The van der Waals surface area contributed by atoms with Gasteiger partial charge in [-0.2, -0.15) is 0 Å². The van der Waals surface area contributed by atoms with E-state index in [9.17, 15) is 9.59 Å². The Morgan fingerprint density at radius 1 is 1.23 bits per heavy atom. The predicted molar refractivity (Wildman–Crippen MR) is 105 cm³/mol. The lowest BCUT2D eigenvalue weighted by atomic mass is 10.0. The van der Waals surface area contributed by atoms with E-state index in [0.29, 0.717) is 13.1 Å². The minimum Gasteiger partial charge on any atom is -0.347 e. The lowest BCUT2D eigenvalue weighted by molar-refractivity contribution is -0.139. The van der Waals surface area contributed by atoms with Crippen LogP contribution in [0.4, 0.5) is 0 Å². The second-order valence-corrected chi connectivity index (χ2v) is 8.10. The molecule has 2 rings (SSSR count). The fraction of sp³-hybridized carbons (Fsp3) is 0.667. The van der Waals surface area contributed by atoms with Gasteiger partial charge in [0.25, 0.3) is 0 Å². The molecular formula is C18H31N5O2S. The number of likely N-dealkylation sites (N-methyl/N-ethyl adjacent to an activating group) is 2. The molecule has 2 amide bonds. The smallest absolute Gasteiger partial charge is 0.309 e. The van der Waals surface area contributed by atoms with Gasteiger partial charge in [0.1, 0.15) is 0 Å². The summed E-state index contributed by atoms with van der Waals surface area (Å²) in [6.45, 7) is 7.06. The molecule has 0 spiro atoms. The number of hydrogen-bond donors (Lipinski definition) is 2. The van der Waals surface area contributed by atoms with Gasteiger partial charge in [-0.3, -0.25) is 14.5 Å². The molecule has 1 aromatic rings. The molecule has 8 heteroatoms. The molecule has 0 radical (unpaired) electrons. The van der Waals surface area contributed by atoms with Crippen molar-refractivity contribution in [2.45, 2.75) is 19.0 Å². The van der Waals surface area contributed by atoms with E-state index in [4.69, 9.17) is 0 Å². The van der Waals surface area contributed by atoms with Gasteiger partial charge in [-0.1, -0.05) is 6.07 Å². The molecule has 1 fully saturated rings. The minimum absolute atomic E-state index is 0.0854. The van der Waals surface area contributed by atoms with Crippen molar-refractivity contribution in [2.75, 3.05) is 60.4 Å². The van der Waals surface area contributed by atoms with E-state index in [1.165, 1.54) is 4.88 Å². The number of carbonyl (C=O) groups excluding carboxylic acids is 2. The van der Waals surface area contributed by atoms with E-state index in [1.807, 2.05) is 32.0 Å². The van der Waals surface area contributed by atoms with Crippen molar-refractivity contribution in [3.63, 3.8) is 0 Å². The van der Waals surface area contributed by atoms with Crippen LogP contribution in [0, 0.1) is 0 Å². The summed E-state index contributed by atoms with van der Waals surface area (Å²) < 4.78 is 0. The van der Waals surface area contributed by atoms with Crippen molar-refractivity contribution in [3.8, 4) is 0 Å². The molecule has 7 nitrogen and oxygen atoms in total. The zero-order chi connectivity index (χ0) is 19.1. The van der Waals surface area contributed by atoms with Crippen LogP contribution in [0.15, 0.2) is 17.5 Å². The molecule has 2 heterocycles. The van der Waals surface area contributed by atoms with E-state index >= 15 is 0 Å².